The minimum Gasteiger partial charge on any atom is -0.466 e. The predicted molar refractivity (Wildman–Crippen MR) is 114 cm³/mol. The van der Waals surface area contributed by atoms with Crippen LogP contribution in [0.15, 0.2) is 27.8 Å². The Labute approximate surface area is 172 Å². The van der Waals surface area contributed by atoms with Crippen molar-refractivity contribution in [3.63, 3.8) is 0 Å². The number of nitrogens with one attached hydrogen (secondary N) is 2. The number of aryl methyl sites for hydroxylation is 2. The molecule has 0 aliphatic carbocycles. The fourth-order valence-corrected chi connectivity index (χ4v) is 2.72. The molecule has 8 heteroatoms. The molecule has 3 N–H and O–H groups in total. The fourth-order valence-electron chi connectivity index (χ4n) is 2.72. The zero-order chi connectivity index (χ0) is 18.4. The van der Waals surface area contributed by atoms with E-state index >= 15 is 0 Å². The minimum absolute atomic E-state index is 0. The van der Waals surface area contributed by atoms with Crippen LogP contribution in [0.3, 0.4) is 0 Å². The molecular formula is C18H30IN5O2. The number of aliphatic imine (C=N–C) groups is 1. The van der Waals surface area contributed by atoms with Crippen molar-refractivity contribution in [3.8, 4) is 0 Å². The van der Waals surface area contributed by atoms with Gasteiger partial charge in [-0.15, -0.1) is 24.0 Å². The molecule has 2 heterocycles. The highest BCUT2D eigenvalue weighted by Gasteiger charge is 2.26. The third-order valence-electron chi connectivity index (χ3n) is 4.27. The maximum Gasteiger partial charge on any atom is 0.191 e. The zero-order valence-electron chi connectivity index (χ0n) is 16.2. The Kier molecular flexibility index (Phi) is 8.61. The van der Waals surface area contributed by atoms with Gasteiger partial charge in [-0.1, -0.05) is 0 Å². The minimum atomic E-state index is -1.14. The Morgan fingerprint density at radius 3 is 2.65 bits per heavy atom. The number of furan rings is 1. The number of hydrogen-bond donors (Lipinski definition) is 3. The third-order valence-corrected chi connectivity index (χ3v) is 4.27. The summed E-state index contributed by atoms with van der Waals surface area (Å²) in [7, 11) is 1.96. The second-order valence-corrected chi connectivity index (χ2v) is 6.40. The van der Waals surface area contributed by atoms with E-state index < -0.39 is 5.60 Å². The van der Waals surface area contributed by atoms with Crippen LogP contribution in [0.4, 0.5) is 0 Å². The maximum atomic E-state index is 10.5. The van der Waals surface area contributed by atoms with Crippen LogP contribution in [0.1, 0.15) is 36.6 Å². The molecule has 0 saturated carbocycles. The number of aromatic nitrogens is 2. The van der Waals surface area contributed by atoms with Gasteiger partial charge in [-0.2, -0.15) is 5.10 Å². The lowest BCUT2D eigenvalue weighted by Gasteiger charge is -2.19. The number of nitrogens with zero attached hydrogens (tertiary/aromatic N) is 3. The first-order valence-electron chi connectivity index (χ1n) is 8.62. The SMILES string of the molecule is CCNC(=NCC(C)(O)c1ccco1)NCCc1c(C)nn(C)c1C.I. The molecule has 1 atom stereocenters. The van der Waals surface area contributed by atoms with Gasteiger partial charge in [0.05, 0.1) is 18.5 Å². The molecule has 1 unspecified atom stereocenters. The van der Waals surface area contributed by atoms with Crippen molar-refractivity contribution in [1.82, 2.24) is 20.4 Å². The van der Waals surface area contributed by atoms with Gasteiger partial charge < -0.3 is 20.2 Å². The smallest absolute Gasteiger partial charge is 0.191 e. The lowest BCUT2D eigenvalue weighted by atomic mass is 10.0. The zero-order valence-corrected chi connectivity index (χ0v) is 18.5. The molecule has 0 amide bonds. The van der Waals surface area contributed by atoms with E-state index in [0.717, 1.165) is 25.2 Å². The summed E-state index contributed by atoms with van der Waals surface area (Å²) in [5.41, 5.74) is 2.36. The molecule has 26 heavy (non-hydrogen) atoms. The first-order valence-corrected chi connectivity index (χ1v) is 8.62. The summed E-state index contributed by atoms with van der Waals surface area (Å²) in [6.45, 7) is 9.51. The van der Waals surface area contributed by atoms with Gasteiger partial charge in [0.15, 0.2) is 5.96 Å². The Bertz CT molecular complexity index is 707. The third kappa shape index (κ3) is 5.73. The molecule has 0 radical (unpaired) electrons. The first-order chi connectivity index (χ1) is 11.8. The summed E-state index contributed by atoms with van der Waals surface area (Å²) in [5.74, 6) is 1.18. The van der Waals surface area contributed by atoms with Crippen LogP contribution in [-0.2, 0) is 19.1 Å². The molecule has 0 aliphatic rings. The van der Waals surface area contributed by atoms with E-state index in [1.807, 2.05) is 25.6 Å². The summed E-state index contributed by atoms with van der Waals surface area (Å²) >= 11 is 0. The first kappa shape index (κ1) is 22.5. The average molecular weight is 475 g/mol. The molecule has 2 rings (SSSR count). The van der Waals surface area contributed by atoms with Crippen molar-refractivity contribution >= 4 is 29.9 Å². The van der Waals surface area contributed by atoms with Crippen molar-refractivity contribution in [2.45, 2.75) is 39.7 Å². The molecule has 2 aromatic heterocycles. The normalized spacial score (nSPS) is 13.8. The number of guanidine groups is 1. The van der Waals surface area contributed by atoms with Crippen LogP contribution in [0, 0.1) is 13.8 Å². The summed E-state index contributed by atoms with van der Waals surface area (Å²) in [6.07, 6.45) is 2.42. The number of hydrogen-bond acceptors (Lipinski definition) is 4. The monoisotopic (exact) mass is 475 g/mol. The van der Waals surface area contributed by atoms with Gasteiger partial charge in [0, 0.05) is 25.8 Å². The van der Waals surface area contributed by atoms with E-state index in [1.165, 1.54) is 11.3 Å². The summed E-state index contributed by atoms with van der Waals surface area (Å²) < 4.78 is 7.20. The van der Waals surface area contributed by atoms with Crippen molar-refractivity contribution in [2.75, 3.05) is 19.6 Å². The second kappa shape index (κ2) is 9.96. The van der Waals surface area contributed by atoms with Crippen molar-refractivity contribution in [3.05, 3.63) is 41.1 Å². The highest BCUT2D eigenvalue weighted by Crippen LogP contribution is 2.21. The van der Waals surface area contributed by atoms with Gasteiger partial charge in [-0.05, 0) is 51.8 Å². The molecule has 0 fully saturated rings. The Morgan fingerprint density at radius 1 is 1.38 bits per heavy atom. The lowest BCUT2D eigenvalue weighted by Crippen LogP contribution is -2.39. The largest absolute Gasteiger partial charge is 0.466 e. The second-order valence-electron chi connectivity index (χ2n) is 6.40. The summed E-state index contributed by atoms with van der Waals surface area (Å²) in [6, 6.07) is 3.51. The van der Waals surface area contributed by atoms with E-state index in [-0.39, 0.29) is 30.5 Å². The van der Waals surface area contributed by atoms with Gasteiger partial charge in [-0.25, -0.2) is 4.99 Å². The van der Waals surface area contributed by atoms with E-state index in [2.05, 4.69) is 27.6 Å². The quantitative estimate of drug-likeness (QED) is 0.325. The van der Waals surface area contributed by atoms with E-state index in [1.54, 1.807) is 25.3 Å². The molecule has 0 bridgehead atoms. The molecule has 0 saturated heterocycles. The Morgan fingerprint density at radius 2 is 2.12 bits per heavy atom. The molecular weight excluding hydrogens is 445 g/mol. The predicted octanol–water partition coefficient (Wildman–Crippen LogP) is 2.25. The molecule has 146 valence electrons. The topological polar surface area (TPSA) is 87.6 Å². The number of aliphatic hydroxyl groups is 1. The number of halogens is 1. The van der Waals surface area contributed by atoms with Crippen molar-refractivity contribution in [2.24, 2.45) is 12.0 Å². The van der Waals surface area contributed by atoms with Crippen LogP contribution < -0.4 is 10.6 Å². The van der Waals surface area contributed by atoms with Crippen molar-refractivity contribution < 1.29 is 9.52 Å². The maximum absolute atomic E-state index is 10.5. The standard InChI is InChI=1S/C18H29N5O2.HI/c1-6-19-17(21-12-18(4,24)16-8-7-11-25-16)20-10-9-15-13(2)22-23(5)14(15)3;/h7-8,11,24H,6,9-10,12H2,1-5H3,(H2,19,20,21);1H. The molecule has 7 nitrogen and oxygen atoms in total. The molecule has 0 spiro atoms. The van der Waals surface area contributed by atoms with Crippen LogP contribution in [0.2, 0.25) is 0 Å². The van der Waals surface area contributed by atoms with Crippen LogP contribution >= 0.6 is 24.0 Å². The Balaban J connectivity index is 0.00000338. The van der Waals surface area contributed by atoms with E-state index in [9.17, 15) is 5.11 Å². The van der Waals surface area contributed by atoms with Crippen molar-refractivity contribution in [1.29, 1.82) is 0 Å². The van der Waals surface area contributed by atoms with Crippen LogP contribution in [-0.4, -0.2) is 40.5 Å². The highest BCUT2D eigenvalue weighted by atomic mass is 127. The number of rotatable bonds is 7. The van der Waals surface area contributed by atoms with E-state index in [4.69, 9.17) is 4.42 Å². The van der Waals surface area contributed by atoms with E-state index in [0.29, 0.717) is 11.7 Å². The fraction of sp³-hybridized carbons (Fsp3) is 0.556. The van der Waals surface area contributed by atoms with Gasteiger partial charge in [-0.3, -0.25) is 4.68 Å². The van der Waals surface area contributed by atoms with Crippen LogP contribution in [0.5, 0.6) is 0 Å². The molecule has 2 aromatic rings. The van der Waals surface area contributed by atoms with Gasteiger partial charge in [0.2, 0.25) is 0 Å². The molecule has 0 aromatic carbocycles. The average Bonchev–Trinajstić information content (AvgIpc) is 3.17. The van der Waals surface area contributed by atoms with Gasteiger partial charge in [0.1, 0.15) is 11.4 Å². The highest BCUT2D eigenvalue weighted by molar-refractivity contribution is 14.0. The summed E-state index contributed by atoms with van der Waals surface area (Å²) in [4.78, 5) is 4.49. The van der Waals surface area contributed by atoms with Gasteiger partial charge in [0.25, 0.3) is 0 Å². The lowest BCUT2D eigenvalue weighted by molar-refractivity contribution is 0.0437. The Hall–Kier alpha value is -1.55. The van der Waals surface area contributed by atoms with Crippen LogP contribution in [0.25, 0.3) is 0 Å². The molecule has 0 aliphatic heterocycles. The van der Waals surface area contributed by atoms with Gasteiger partial charge >= 0.3 is 0 Å². The summed E-state index contributed by atoms with van der Waals surface area (Å²) in [5, 5.41) is 21.5.